The van der Waals surface area contributed by atoms with Crippen molar-refractivity contribution in [3.63, 3.8) is 0 Å². The molecule has 0 bridgehead atoms. The van der Waals surface area contributed by atoms with Crippen LogP contribution in [0.25, 0.3) is 0 Å². The molecule has 0 radical (unpaired) electrons. The standard InChI is InChI=1S/C18H38O4S/c1-3-5-6-7-8-9-10-11-12-13-14-15-17(19)16-18(4-2)23(20,21)22/h17-19H,3-16H2,1-2H3,(H,20,21,22). The minimum absolute atomic E-state index is 0.146. The van der Waals surface area contributed by atoms with E-state index in [9.17, 15) is 13.5 Å². The molecule has 5 heteroatoms. The quantitative estimate of drug-likeness (QED) is 0.300. The molecule has 4 nitrogen and oxygen atoms in total. The average Bonchev–Trinajstić information content (AvgIpc) is 2.49. The Balaban J connectivity index is 3.47. The van der Waals surface area contributed by atoms with E-state index in [1.807, 2.05) is 0 Å². The SMILES string of the molecule is CCCCCCCCCCCCCC(O)CC(CC)S(=O)(=O)O. The molecule has 2 unspecified atom stereocenters. The Hall–Kier alpha value is -0.130. The number of aliphatic hydroxyl groups is 1. The molecule has 0 aromatic heterocycles. The predicted molar refractivity (Wildman–Crippen MR) is 97.3 cm³/mol. The Morgan fingerprint density at radius 3 is 1.61 bits per heavy atom. The Kier molecular flexibility index (Phi) is 14.2. The average molecular weight is 351 g/mol. The lowest BCUT2D eigenvalue weighted by Crippen LogP contribution is -2.25. The van der Waals surface area contributed by atoms with Crippen LogP contribution in [0.15, 0.2) is 0 Å². The number of aliphatic hydroxyl groups excluding tert-OH is 1. The van der Waals surface area contributed by atoms with Gasteiger partial charge in [0, 0.05) is 0 Å². The molecule has 0 saturated carbocycles. The summed E-state index contributed by atoms with van der Waals surface area (Å²) in [5.41, 5.74) is 0. The minimum atomic E-state index is -4.02. The van der Waals surface area contributed by atoms with Crippen molar-refractivity contribution in [2.45, 2.75) is 115 Å². The monoisotopic (exact) mass is 350 g/mol. The summed E-state index contributed by atoms with van der Waals surface area (Å²) in [7, 11) is -4.02. The largest absolute Gasteiger partial charge is 0.393 e. The molecule has 0 rings (SSSR count). The highest BCUT2D eigenvalue weighted by Gasteiger charge is 2.23. The van der Waals surface area contributed by atoms with E-state index in [0.29, 0.717) is 12.8 Å². The summed E-state index contributed by atoms with van der Waals surface area (Å²) in [6, 6.07) is 0. The van der Waals surface area contributed by atoms with Crippen LogP contribution in [0.5, 0.6) is 0 Å². The van der Waals surface area contributed by atoms with Gasteiger partial charge in [0.1, 0.15) is 0 Å². The van der Waals surface area contributed by atoms with Crippen LogP contribution in [0.4, 0.5) is 0 Å². The van der Waals surface area contributed by atoms with Gasteiger partial charge in [0.05, 0.1) is 11.4 Å². The number of hydrogen-bond donors (Lipinski definition) is 2. The van der Waals surface area contributed by atoms with Crippen molar-refractivity contribution < 1.29 is 18.1 Å². The number of rotatable bonds is 16. The summed E-state index contributed by atoms with van der Waals surface area (Å²) in [6.07, 6.45) is 14.3. The third kappa shape index (κ3) is 14.0. The van der Waals surface area contributed by atoms with E-state index in [2.05, 4.69) is 6.92 Å². The Labute approximate surface area is 143 Å². The van der Waals surface area contributed by atoms with Crippen molar-refractivity contribution in [3.8, 4) is 0 Å². The van der Waals surface area contributed by atoms with Crippen LogP contribution in [-0.2, 0) is 10.1 Å². The van der Waals surface area contributed by atoms with Crippen LogP contribution in [0.2, 0.25) is 0 Å². The molecule has 2 atom stereocenters. The first-order chi connectivity index (χ1) is 10.9. The summed E-state index contributed by atoms with van der Waals surface area (Å²) in [5.74, 6) is 0. The second-order valence-electron chi connectivity index (χ2n) is 6.76. The van der Waals surface area contributed by atoms with Crippen molar-refractivity contribution in [2.75, 3.05) is 0 Å². The van der Waals surface area contributed by atoms with E-state index < -0.39 is 21.5 Å². The molecule has 0 heterocycles. The fourth-order valence-electron chi connectivity index (χ4n) is 2.96. The summed E-state index contributed by atoms with van der Waals surface area (Å²) in [6.45, 7) is 3.95. The first kappa shape index (κ1) is 22.9. The molecule has 0 aliphatic heterocycles. The van der Waals surface area contributed by atoms with Gasteiger partial charge in [-0.15, -0.1) is 0 Å². The maximum atomic E-state index is 11.1. The second-order valence-corrected chi connectivity index (χ2v) is 8.46. The van der Waals surface area contributed by atoms with E-state index in [1.54, 1.807) is 6.92 Å². The third-order valence-corrected chi connectivity index (χ3v) is 5.92. The fraction of sp³-hybridized carbons (Fsp3) is 1.00. The lowest BCUT2D eigenvalue weighted by atomic mass is 10.0. The van der Waals surface area contributed by atoms with Crippen molar-refractivity contribution in [1.29, 1.82) is 0 Å². The number of hydrogen-bond acceptors (Lipinski definition) is 3. The summed E-state index contributed by atoms with van der Waals surface area (Å²) in [4.78, 5) is 0. The van der Waals surface area contributed by atoms with Crippen LogP contribution in [0.3, 0.4) is 0 Å². The van der Waals surface area contributed by atoms with Crippen LogP contribution < -0.4 is 0 Å². The normalized spacial score (nSPS) is 14.8. The van der Waals surface area contributed by atoms with Crippen molar-refractivity contribution in [2.24, 2.45) is 0 Å². The van der Waals surface area contributed by atoms with Crippen molar-refractivity contribution in [1.82, 2.24) is 0 Å². The molecule has 23 heavy (non-hydrogen) atoms. The molecule has 0 aromatic rings. The fourth-order valence-corrected chi connectivity index (χ4v) is 3.85. The molecule has 140 valence electrons. The first-order valence-corrected chi connectivity index (χ1v) is 11.1. The molecule has 0 fully saturated rings. The van der Waals surface area contributed by atoms with E-state index in [0.717, 1.165) is 12.8 Å². The van der Waals surface area contributed by atoms with Crippen molar-refractivity contribution >= 4 is 10.1 Å². The summed E-state index contributed by atoms with van der Waals surface area (Å²) in [5, 5.41) is 9.05. The first-order valence-electron chi connectivity index (χ1n) is 9.56. The Morgan fingerprint density at radius 2 is 1.22 bits per heavy atom. The van der Waals surface area contributed by atoms with E-state index in [1.165, 1.54) is 57.8 Å². The van der Waals surface area contributed by atoms with E-state index in [-0.39, 0.29) is 6.42 Å². The highest BCUT2D eigenvalue weighted by Crippen LogP contribution is 2.17. The minimum Gasteiger partial charge on any atom is -0.393 e. The second kappa shape index (κ2) is 14.2. The molecular weight excluding hydrogens is 312 g/mol. The van der Waals surface area contributed by atoms with Crippen LogP contribution in [0.1, 0.15) is 104 Å². The summed E-state index contributed by atoms with van der Waals surface area (Å²) < 4.78 is 31.3. The molecule has 0 saturated heterocycles. The van der Waals surface area contributed by atoms with Gasteiger partial charge in [-0.3, -0.25) is 4.55 Å². The van der Waals surface area contributed by atoms with Gasteiger partial charge < -0.3 is 5.11 Å². The molecule has 0 spiro atoms. The molecule has 0 aromatic carbocycles. The van der Waals surface area contributed by atoms with Gasteiger partial charge in [-0.25, -0.2) is 0 Å². The zero-order valence-corrected chi connectivity index (χ0v) is 16.0. The molecule has 2 N–H and O–H groups in total. The van der Waals surface area contributed by atoms with E-state index in [4.69, 9.17) is 4.55 Å². The summed E-state index contributed by atoms with van der Waals surface area (Å²) >= 11 is 0. The lowest BCUT2D eigenvalue weighted by molar-refractivity contribution is 0.147. The molecule has 0 aliphatic rings. The van der Waals surface area contributed by atoms with Gasteiger partial charge >= 0.3 is 0 Å². The van der Waals surface area contributed by atoms with Gasteiger partial charge in [0.25, 0.3) is 10.1 Å². The van der Waals surface area contributed by atoms with Gasteiger partial charge in [0.2, 0.25) is 0 Å². The van der Waals surface area contributed by atoms with Crippen molar-refractivity contribution in [3.05, 3.63) is 0 Å². The zero-order chi connectivity index (χ0) is 17.6. The topological polar surface area (TPSA) is 74.6 Å². The Morgan fingerprint density at radius 1 is 0.783 bits per heavy atom. The maximum Gasteiger partial charge on any atom is 0.267 e. The smallest absolute Gasteiger partial charge is 0.267 e. The lowest BCUT2D eigenvalue weighted by Gasteiger charge is -2.16. The van der Waals surface area contributed by atoms with Gasteiger partial charge in [-0.2, -0.15) is 8.42 Å². The maximum absolute atomic E-state index is 11.1. The highest BCUT2D eigenvalue weighted by molar-refractivity contribution is 7.86. The molecule has 0 aliphatic carbocycles. The third-order valence-electron chi connectivity index (χ3n) is 4.55. The predicted octanol–water partition coefficient (Wildman–Crippen LogP) is 5.10. The van der Waals surface area contributed by atoms with Crippen LogP contribution in [0, 0.1) is 0 Å². The Bertz CT molecular complexity index is 354. The van der Waals surface area contributed by atoms with Crippen LogP contribution in [-0.4, -0.2) is 29.4 Å². The van der Waals surface area contributed by atoms with Gasteiger partial charge in [-0.05, 0) is 19.3 Å². The van der Waals surface area contributed by atoms with Crippen LogP contribution >= 0.6 is 0 Å². The number of unbranched alkanes of at least 4 members (excludes halogenated alkanes) is 10. The molecule has 0 amide bonds. The van der Waals surface area contributed by atoms with E-state index >= 15 is 0 Å². The van der Waals surface area contributed by atoms with Gasteiger partial charge in [0.15, 0.2) is 0 Å². The highest BCUT2D eigenvalue weighted by atomic mass is 32.2. The zero-order valence-electron chi connectivity index (χ0n) is 15.2. The van der Waals surface area contributed by atoms with Gasteiger partial charge in [-0.1, -0.05) is 84.5 Å². The molecular formula is C18H38O4S.